The van der Waals surface area contributed by atoms with Crippen molar-refractivity contribution >= 4 is 0 Å². The van der Waals surface area contributed by atoms with Crippen LogP contribution in [0, 0.1) is 0 Å². The van der Waals surface area contributed by atoms with Crippen LogP contribution in [0.4, 0.5) is 0 Å². The van der Waals surface area contributed by atoms with Crippen LogP contribution in [0.5, 0.6) is 0 Å². The van der Waals surface area contributed by atoms with E-state index in [4.69, 9.17) is 0 Å². The lowest BCUT2D eigenvalue weighted by atomic mass is 9.85. The van der Waals surface area contributed by atoms with E-state index in [1.54, 1.807) is 0 Å². The summed E-state index contributed by atoms with van der Waals surface area (Å²) in [5, 5.41) is 10.7. The van der Waals surface area contributed by atoms with Crippen molar-refractivity contribution in [2.45, 2.75) is 31.9 Å². The third-order valence-corrected chi connectivity index (χ3v) is 4.66. The first-order valence-corrected chi connectivity index (χ1v) is 7.50. The van der Waals surface area contributed by atoms with Gasteiger partial charge in [-0.2, -0.15) is 0 Å². The Labute approximate surface area is 128 Å². The molecule has 0 fully saturated rings. The smallest absolute Gasteiger partial charge is 0.0970 e. The second-order valence-corrected chi connectivity index (χ2v) is 6.00. The fraction of sp³-hybridized carbons (Fsp3) is 0.368. The zero-order valence-corrected chi connectivity index (χ0v) is 13.4. The highest BCUT2D eigenvalue weighted by Gasteiger charge is 2.34. The molecule has 0 aliphatic heterocycles. The Morgan fingerprint density at radius 1 is 0.952 bits per heavy atom. The van der Waals surface area contributed by atoms with Gasteiger partial charge < -0.3 is 10.0 Å². The Morgan fingerprint density at radius 3 is 1.95 bits per heavy atom. The Balaban J connectivity index is 2.27. The van der Waals surface area contributed by atoms with Gasteiger partial charge in [-0.05, 0) is 44.1 Å². The summed E-state index contributed by atoms with van der Waals surface area (Å²) < 4.78 is 0. The van der Waals surface area contributed by atoms with Crippen LogP contribution in [0.15, 0.2) is 54.6 Å². The Bertz CT molecular complexity index is 562. The lowest BCUT2D eigenvalue weighted by Crippen LogP contribution is -2.46. The van der Waals surface area contributed by atoms with E-state index in [0.717, 1.165) is 12.0 Å². The molecule has 0 saturated heterocycles. The first kappa shape index (κ1) is 15.7. The standard InChI is InChI=1S/C19H25NO/c1-5-19(2,20(3)4)18(21)17-13-11-16(12-14-17)15-9-7-6-8-10-15/h6-14,18,21H,5H2,1-4H3. The zero-order chi connectivity index (χ0) is 15.5. The molecule has 2 heteroatoms. The number of aliphatic hydroxyl groups excluding tert-OH is 1. The summed E-state index contributed by atoms with van der Waals surface area (Å²) in [7, 11) is 4.04. The van der Waals surface area contributed by atoms with E-state index < -0.39 is 6.10 Å². The second-order valence-electron chi connectivity index (χ2n) is 6.00. The molecule has 0 aliphatic rings. The largest absolute Gasteiger partial charge is 0.386 e. The maximum Gasteiger partial charge on any atom is 0.0970 e. The van der Waals surface area contributed by atoms with Crippen LogP contribution in [0.2, 0.25) is 0 Å². The molecule has 112 valence electrons. The second kappa shape index (κ2) is 6.42. The minimum atomic E-state index is -0.498. The molecule has 2 aromatic rings. The topological polar surface area (TPSA) is 23.5 Å². The lowest BCUT2D eigenvalue weighted by Gasteiger charge is -2.40. The van der Waals surface area contributed by atoms with Crippen molar-refractivity contribution in [1.29, 1.82) is 0 Å². The lowest BCUT2D eigenvalue weighted by molar-refractivity contribution is 0.000876. The van der Waals surface area contributed by atoms with Crippen LogP contribution in [0.25, 0.3) is 11.1 Å². The molecule has 0 amide bonds. The molecule has 0 spiro atoms. The molecular weight excluding hydrogens is 258 g/mol. The maximum atomic E-state index is 10.7. The van der Waals surface area contributed by atoms with Gasteiger partial charge in [-0.25, -0.2) is 0 Å². The van der Waals surface area contributed by atoms with Crippen molar-refractivity contribution < 1.29 is 5.11 Å². The SMILES string of the molecule is CCC(C)(C(O)c1ccc(-c2ccccc2)cc1)N(C)C. The van der Waals surface area contributed by atoms with Crippen LogP contribution >= 0.6 is 0 Å². The Morgan fingerprint density at radius 2 is 1.48 bits per heavy atom. The van der Waals surface area contributed by atoms with Crippen molar-refractivity contribution in [3.63, 3.8) is 0 Å². The molecule has 1 N–H and O–H groups in total. The molecule has 21 heavy (non-hydrogen) atoms. The van der Waals surface area contributed by atoms with E-state index in [2.05, 4.69) is 43.0 Å². The quantitative estimate of drug-likeness (QED) is 0.892. The summed E-state index contributed by atoms with van der Waals surface area (Å²) in [5.41, 5.74) is 3.08. The van der Waals surface area contributed by atoms with Crippen molar-refractivity contribution in [3.05, 3.63) is 60.2 Å². The van der Waals surface area contributed by atoms with E-state index in [1.807, 2.05) is 44.4 Å². The number of benzene rings is 2. The van der Waals surface area contributed by atoms with E-state index in [0.29, 0.717) is 0 Å². The maximum absolute atomic E-state index is 10.7. The van der Waals surface area contributed by atoms with E-state index in [1.165, 1.54) is 11.1 Å². The van der Waals surface area contributed by atoms with Crippen LogP contribution < -0.4 is 0 Å². The monoisotopic (exact) mass is 283 g/mol. The van der Waals surface area contributed by atoms with E-state index in [9.17, 15) is 5.11 Å². The number of hydrogen-bond acceptors (Lipinski definition) is 2. The van der Waals surface area contributed by atoms with Gasteiger partial charge in [0, 0.05) is 5.54 Å². The van der Waals surface area contributed by atoms with Gasteiger partial charge in [-0.3, -0.25) is 0 Å². The summed E-state index contributed by atoms with van der Waals surface area (Å²) >= 11 is 0. The van der Waals surface area contributed by atoms with Crippen molar-refractivity contribution in [3.8, 4) is 11.1 Å². The average molecular weight is 283 g/mol. The molecule has 0 bridgehead atoms. The van der Waals surface area contributed by atoms with Crippen molar-refractivity contribution in [1.82, 2.24) is 4.90 Å². The van der Waals surface area contributed by atoms with Gasteiger partial charge in [0.15, 0.2) is 0 Å². The number of likely N-dealkylation sites (N-methyl/N-ethyl adjacent to an activating group) is 1. The number of nitrogens with zero attached hydrogens (tertiary/aromatic N) is 1. The predicted octanol–water partition coefficient (Wildman–Crippen LogP) is 4.12. The zero-order valence-electron chi connectivity index (χ0n) is 13.4. The summed E-state index contributed by atoms with van der Waals surface area (Å²) in [6, 6.07) is 18.5. The Kier molecular flexibility index (Phi) is 4.81. The number of rotatable bonds is 5. The fourth-order valence-electron chi connectivity index (χ4n) is 2.60. The van der Waals surface area contributed by atoms with Gasteiger partial charge in [0.1, 0.15) is 0 Å². The molecule has 0 radical (unpaired) electrons. The molecule has 2 aromatic carbocycles. The van der Waals surface area contributed by atoms with Crippen LogP contribution in [-0.4, -0.2) is 29.6 Å². The molecule has 0 heterocycles. The van der Waals surface area contributed by atoms with Gasteiger partial charge in [0.2, 0.25) is 0 Å². The van der Waals surface area contributed by atoms with Gasteiger partial charge in [0.25, 0.3) is 0 Å². The summed E-state index contributed by atoms with van der Waals surface area (Å²) in [6.07, 6.45) is 0.393. The highest BCUT2D eigenvalue weighted by molar-refractivity contribution is 5.63. The fourth-order valence-corrected chi connectivity index (χ4v) is 2.60. The number of hydrogen-bond donors (Lipinski definition) is 1. The summed E-state index contributed by atoms with van der Waals surface area (Å²) in [5.74, 6) is 0. The average Bonchev–Trinajstić information content (AvgIpc) is 2.54. The van der Waals surface area contributed by atoms with Gasteiger partial charge in [-0.15, -0.1) is 0 Å². The molecule has 2 nitrogen and oxygen atoms in total. The highest BCUT2D eigenvalue weighted by atomic mass is 16.3. The van der Waals surface area contributed by atoms with Crippen LogP contribution in [0.3, 0.4) is 0 Å². The van der Waals surface area contributed by atoms with Crippen LogP contribution in [0.1, 0.15) is 31.9 Å². The summed E-state index contributed by atoms with van der Waals surface area (Å²) in [6.45, 7) is 4.21. The van der Waals surface area contributed by atoms with Gasteiger partial charge in [0.05, 0.1) is 6.10 Å². The normalized spacial score (nSPS) is 15.7. The molecule has 0 saturated carbocycles. The molecular formula is C19H25NO. The molecule has 0 aromatic heterocycles. The number of aliphatic hydroxyl groups is 1. The third-order valence-electron chi connectivity index (χ3n) is 4.66. The molecule has 2 rings (SSSR count). The first-order chi connectivity index (χ1) is 9.99. The van der Waals surface area contributed by atoms with E-state index >= 15 is 0 Å². The minimum absolute atomic E-state index is 0.256. The van der Waals surface area contributed by atoms with Gasteiger partial charge >= 0.3 is 0 Å². The molecule has 2 unspecified atom stereocenters. The molecule has 2 atom stereocenters. The van der Waals surface area contributed by atoms with E-state index in [-0.39, 0.29) is 5.54 Å². The first-order valence-electron chi connectivity index (χ1n) is 7.50. The summed E-state index contributed by atoms with van der Waals surface area (Å²) in [4.78, 5) is 2.10. The highest BCUT2D eigenvalue weighted by Crippen LogP contribution is 2.33. The van der Waals surface area contributed by atoms with Crippen LogP contribution in [-0.2, 0) is 0 Å². The Hall–Kier alpha value is -1.64. The van der Waals surface area contributed by atoms with Crippen molar-refractivity contribution in [2.75, 3.05) is 14.1 Å². The predicted molar refractivity (Wildman–Crippen MR) is 89.2 cm³/mol. The minimum Gasteiger partial charge on any atom is -0.386 e. The van der Waals surface area contributed by atoms with Crippen molar-refractivity contribution in [2.24, 2.45) is 0 Å². The third kappa shape index (κ3) is 3.17. The van der Waals surface area contributed by atoms with Gasteiger partial charge in [-0.1, -0.05) is 61.5 Å². The molecule has 0 aliphatic carbocycles.